The Morgan fingerprint density at radius 2 is 1.27 bits per heavy atom. The molecule has 48 heavy (non-hydrogen) atoms. The Balaban J connectivity index is 0.000000600. The van der Waals surface area contributed by atoms with E-state index < -0.39 is 12.7 Å². The molecule has 5 heteroatoms. The molecule has 0 fully saturated rings. The highest BCUT2D eigenvalue weighted by molar-refractivity contribution is 6.60. The number of Topliss-reactive ketones (excluding diaryl/α,β-unsaturated/α-hetero) is 1. The minimum atomic E-state index is -0.959. The zero-order valence-corrected chi connectivity index (χ0v) is 33.5. The number of benzene rings is 1. The molecule has 0 unspecified atom stereocenters. The fourth-order valence-electron chi connectivity index (χ4n) is 4.81. The van der Waals surface area contributed by atoms with E-state index in [0.29, 0.717) is 12.2 Å². The molecule has 1 aliphatic rings. The van der Waals surface area contributed by atoms with Crippen LogP contribution >= 0.6 is 0 Å². The molecular weight excluding hydrogens is 591 g/mol. The molecule has 0 heterocycles. The molecule has 0 radical (unpaired) electrons. The molecular formula is C43H67BO4. The largest absolute Gasteiger partial charge is 0.508 e. The lowest BCUT2D eigenvalue weighted by Gasteiger charge is -2.31. The average molecular weight is 659 g/mol. The minimum Gasteiger partial charge on any atom is -0.508 e. The molecule has 0 atom stereocenters. The molecule has 1 aliphatic carbocycles. The Morgan fingerprint density at radius 1 is 0.833 bits per heavy atom. The fourth-order valence-corrected chi connectivity index (χ4v) is 4.81. The maximum atomic E-state index is 12.4. The summed E-state index contributed by atoms with van der Waals surface area (Å²) < 4.78 is 5.87. The van der Waals surface area contributed by atoms with Gasteiger partial charge < -0.3 is 14.8 Å². The number of hydrogen-bond acceptors (Lipinski definition) is 4. The van der Waals surface area contributed by atoms with E-state index in [2.05, 4.69) is 110 Å². The van der Waals surface area contributed by atoms with Crippen molar-refractivity contribution in [1.82, 2.24) is 0 Å². The zero-order valence-electron chi connectivity index (χ0n) is 33.5. The monoisotopic (exact) mass is 659 g/mol. The molecule has 0 aromatic heterocycles. The van der Waals surface area contributed by atoms with Crippen LogP contribution in [0, 0.1) is 27.6 Å². The highest BCUT2D eigenvalue weighted by Crippen LogP contribution is 2.39. The standard InChI is InChI=1S/C28H45BO3.C15H22O/c1-19(2)28(11,12)32-29(31)23-15-13-22(14-16-23)17-20(3)18-24(27(8,9)10)25(30)21(4)26(5,6)7;1-10-8-11(14(2,3)4)13(16)12(9-10)15(5,6)7/h13-16,18-19,30-31H,3,17H2,1-2,4-12H3;8-9H,1H2,2-7H3/b24-18+,25-21-;. The summed E-state index contributed by atoms with van der Waals surface area (Å²) in [5, 5.41) is 21.5. The van der Waals surface area contributed by atoms with Crippen LogP contribution in [0.4, 0.5) is 0 Å². The smallest absolute Gasteiger partial charge is 0.491 e. The van der Waals surface area contributed by atoms with Crippen molar-refractivity contribution in [3.05, 3.63) is 100 Å². The van der Waals surface area contributed by atoms with Gasteiger partial charge in [-0.25, -0.2) is 0 Å². The number of rotatable bonds is 8. The van der Waals surface area contributed by atoms with Gasteiger partial charge in [0.1, 0.15) is 5.76 Å². The molecule has 1 aromatic carbocycles. The van der Waals surface area contributed by atoms with E-state index in [1.165, 1.54) is 0 Å². The summed E-state index contributed by atoms with van der Waals surface area (Å²) in [5.74, 6) is 0.817. The van der Waals surface area contributed by atoms with Crippen molar-refractivity contribution in [2.24, 2.45) is 27.6 Å². The van der Waals surface area contributed by atoms with E-state index >= 15 is 0 Å². The van der Waals surface area contributed by atoms with Crippen LogP contribution in [-0.4, -0.2) is 28.6 Å². The Kier molecular flexibility index (Phi) is 14.2. The first-order valence-electron chi connectivity index (χ1n) is 17.3. The lowest BCUT2D eigenvalue weighted by Crippen LogP contribution is -2.44. The number of hydrogen-bond donors (Lipinski definition) is 2. The molecule has 0 saturated heterocycles. The Morgan fingerprint density at radius 3 is 1.62 bits per heavy atom. The van der Waals surface area contributed by atoms with Gasteiger partial charge in [0.15, 0.2) is 5.78 Å². The van der Waals surface area contributed by atoms with E-state index in [0.717, 1.165) is 44.5 Å². The first kappa shape index (κ1) is 43.1. The van der Waals surface area contributed by atoms with E-state index in [9.17, 15) is 14.9 Å². The van der Waals surface area contributed by atoms with Gasteiger partial charge in [0.2, 0.25) is 0 Å². The first-order valence-corrected chi connectivity index (χ1v) is 17.3. The van der Waals surface area contributed by atoms with Crippen molar-refractivity contribution in [2.45, 2.75) is 130 Å². The number of ketones is 1. The van der Waals surface area contributed by atoms with Crippen molar-refractivity contribution in [2.75, 3.05) is 0 Å². The summed E-state index contributed by atoms with van der Waals surface area (Å²) in [7, 11) is -0.959. The van der Waals surface area contributed by atoms with Crippen LogP contribution < -0.4 is 5.46 Å². The van der Waals surface area contributed by atoms with E-state index in [-0.39, 0.29) is 33.4 Å². The number of carbonyl (C=O) groups excluding carboxylic acids is 1. The SMILES string of the molecule is C=C(/C=C(\C(O)=C(/C)C(C)(C)C)C(C)(C)C)Cc1ccc(B(O)OC(C)(C)C(C)C)cc1.C=C1C=C(C(C)(C)C)C(=O)C(C(C)(C)C)=C1. The molecule has 2 rings (SSSR count). The molecule has 0 spiro atoms. The third-order valence-electron chi connectivity index (χ3n) is 9.16. The highest BCUT2D eigenvalue weighted by atomic mass is 16.5. The summed E-state index contributed by atoms with van der Waals surface area (Å²) in [5.41, 5.74) is 6.29. The van der Waals surface area contributed by atoms with E-state index in [4.69, 9.17) is 4.65 Å². The van der Waals surface area contributed by atoms with Gasteiger partial charge in [-0.2, -0.15) is 0 Å². The second-order valence-electron chi connectivity index (χ2n) is 18.4. The van der Waals surface area contributed by atoms with Crippen molar-refractivity contribution in [1.29, 1.82) is 0 Å². The molecule has 266 valence electrons. The number of allylic oxidation sites excluding steroid dienone is 9. The lowest BCUT2D eigenvalue weighted by atomic mass is 9.72. The zero-order chi connectivity index (χ0) is 37.8. The minimum absolute atomic E-state index is 0.112. The highest BCUT2D eigenvalue weighted by Gasteiger charge is 2.34. The van der Waals surface area contributed by atoms with Crippen LogP contribution in [0.1, 0.15) is 123 Å². The van der Waals surface area contributed by atoms with Gasteiger partial charge in [-0.1, -0.05) is 146 Å². The lowest BCUT2D eigenvalue weighted by molar-refractivity contribution is -0.114. The third-order valence-corrected chi connectivity index (χ3v) is 9.16. The van der Waals surface area contributed by atoms with Crippen LogP contribution in [-0.2, 0) is 15.9 Å². The summed E-state index contributed by atoms with van der Waals surface area (Å²) in [6, 6.07) is 7.80. The summed E-state index contributed by atoms with van der Waals surface area (Å²) in [4.78, 5) is 12.4. The predicted molar refractivity (Wildman–Crippen MR) is 208 cm³/mol. The summed E-state index contributed by atoms with van der Waals surface area (Å²) >= 11 is 0. The van der Waals surface area contributed by atoms with Gasteiger partial charge >= 0.3 is 7.12 Å². The second-order valence-corrected chi connectivity index (χ2v) is 18.4. The molecule has 2 N–H and O–H groups in total. The molecule has 0 saturated carbocycles. The van der Waals surface area contributed by atoms with E-state index in [1.807, 2.05) is 63.3 Å². The average Bonchev–Trinajstić information content (AvgIpc) is 2.90. The molecule has 0 aliphatic heterocycles. The topological polar surface area (TPSA) is 66.8 Å². The molecule has 1 aromatic rings. The van der Waals surface area contributed by atoms with E-state index in [1.54, 1.807) is 0 Å². The fraction of sp³-hybridized carbons (Fsp3) is 0.558. The summed E-state index contributed by atoms with van der Waals surface area (Å²) in [6.45, 7) is 43.4. The van der Waals surface area contributed by atoms with Crippen LogP contribution in [0.25, 0.3) is 0 Å². The Bertz CT molecular complexity index is 1410. The Hall–Kier alpha value is -2.89. The van der Waals surface area contributed by atoms with Gasteiger partial charge in [0.05, 0.1) is 5.60 Å². The number of aliphatic hydroxyl groups is 1. The van der Waals surface area contributed by atoms with Crippen molar-refractivity contribution >= 4 is 18.4 Å². The quantitative estimate of drug-likeness (QED) is 0.166. The number of carbonyl (C=O) groups is 1. The van der Waals surface area contributed by atoms with Crippen LogP contribution in [0.3, 0.4) is 0 Å². The van der Waals surface area contributed by atoms with Crippen LogP contribution in [0.2, 0.25) is 0 Å². The van der Waals surface area contributed by atoms with Crippen molar-refractivity contribution < 1.29 is 19.6 Å². The third kappa shape index (κ3) is 12.5. The van der Waals surface area contributed by atoms with Gasteiger partial charge in [-0.15, -0.1) is 0 Å². The second kappa shape index (κ2) is 15.8. The maximum Gasteiger partial charge on any atom is 0.491 e. The Labute approximate surface area is 295 Å². The van der Waals surface area contributed by atoms with Crippen molar-refractivity contribution in [3.8, 4) is 0 Å². The van der Waals surface area contributed by atoms with Crippen LogP contribution in [0.5, 0.6) is 0 Å². The molecule has 4 nitrogen and oxygen atoms in total. The normalized spacial score (nSPS) is 15.8. The molecule has 0 amide bonds. The maximum absolute atomic E-state index is 12.4. The van der Waals surface area contributed by atoms with Crippen molar-refractivity contribution in [3.63, 3.8) is 0 Å². The van der Waals surface area contributed by atoms with Gasteiger partial charge in [0, 0.05) is 11.1 Å². The first-order chi connectivity index (χ1) is 21.4. The molecule has 0 bridgehead atoms. The van der Waals surface area contributed by atoms with Crippen LogP contribution in [0.15, 0.2) is 94.8 Å². The van der Waals surface area contributed by atoms with Gasteiger partial charge in [-0.3, -0.25) is 4.79 Å². The number of aliphatic hydroxyl groups excluding tert-OH is 1. The predicted octanol–water partition coefficient (Wildman–Crippen LogP) is 10.8. The van der Waals surface area contributed by atoms with Gasteiger partial charge in [-0.05, 0) is 94.7 Å². The van der Waals surface area contributed by atoms with Gasteiger partial charge in [0.25, 0.3) is 0 Å². The summed E-state index contributed by atoms with van der Waals surface area (Å²) in [6.07, 6.45) is 6.51.